The first kappa shape index (κ1) is 11.5. The Hall–Kier alpha value is -1.96. The molecule has 2 N–H and O–H groups in total. The average Bonchev–Trinajstić information content (AvgIpc) is 2.13. The molecule has 0 unspecified atom stereocenters. The van der Waals surface area contributed by atoms with Gasteiger partial charge in [-0.2, -0.15) is 0 Å². The quantitative estimate of drug-likeness (QED) is 0.781. The van der Waals surface area contributed by atoms with Crippen LogP contribution in [0.25, 0.3) is 11.1 Å². The van der Waals surface area contributed by atoms with Gasteiger partial charge in [0.05, 0.1) is 0 Å². The summed E-state index contributed by atoms with van der Waals surface area (Å²) in [6.07, 6.45) is 0. The highest BCUT2D eigenvalue weighted by atomic mass is 16.3. The highest BCUT2D eigenvalue weighted by Gasteiger charge is 2.08. The second-order valence-electron chi connectivity index (χ2n) is 4.51. The average molecular weight is 228 g/mol. The molecule has 2 rings (SSSR count). The van der Waals surface area contributed by atoms with Crippen LogP contribution >= 0.6 is 0 Å². The third-order valence-electron chi connectivity index (χ3n) is 2.87. The Bertz CT molecular complexity index is 528. The van der Waals surface area contributed by atoms with Gasteiger partial charge in [0, 0.05) is 0 Å². The lowest BCUT2D eigenvalue weighted by Gasteiger charge is -2.12. The number of rotatable bonds is 1. The molecule has 2 aromatic carbocycles. The molecule has 0 saturated heterocycles. The minimum absolute atomic E-state index is 0.270. The lowest BCUT2D eigenvalue weighted by Crippen LogP contribution is -1.89. The van der Waals surface area contributed by atoms with Crippen molar-refractivity contribution in [3.63, 3.8) is 0 Å². The van der Waals surface area contributed by atoms with Crippen LogP contribution in [0.15, 0.2) is 30.3 Å². The fourth-order valence-corrected chi connectivity index (χ4v) is 2.30. The maximum absolute atomic E-state index is 9.64. The summed E-state index contributed by atoms with van der Waals surface area (Å²) < 4.78 is 0. The smallest absolute Gasteiger partial charge is 0.116 e. The van der Waals surface area contributed by atoms with E-state index in [-0.39, 0.29) is 11.5 Å². The zero-order chi connectivity index (χ0) is 12.6. The zero-order valence-corrected chi connectivity index (χ0v) is 10.3. The van der Waals surface area contributed by atoms with Crippen LogP contribution in [0, 0.1) is 20.8 Å². The number of phenolic OH excluding ortho intramolecular Hbond substituents is 2. The molecular formula is C15H16O2. The number of hydrogen-bond acceptors (Lipinski definition) is 2. The highest BCUT2D eigenvalue weighted by molar-refractivity contribution is 5.73. The van der Waals surface area contributed by atoms with E-state index >= 15 is 0 Å². The predicted octanol–water partition coefficient (Wildman–Crippen LogP) is 3.69. The van der Waals surface area contributed by atoms with Gasteiger partial charge in [-0.3, -0.25) is 0 Å². The molecule has 0 aliphatic rings. The maximum atomic E-state index is 9.64. The maximum Gasteiger partial charge on any atom is 0.116 e. The van der Waals surface area contributed by atoms with Crippen LogP contribution in [0.5, 0.6) is 11.5 Å². The summed E-state index contributed by atoms with van der Waals surface area (Å²) in [5.41, 5.74) is 5.09. The van der Waals surface area contributed by atoms with Gasteiger partial charge in [0.2, 0.25) is 0 Å². The summed E-state index contributed by atoms with van der Waals surface area (Å²) in [6.45, 7) is 5.87. The summed E-state index contributed by atoms with van der Waals surface area (Å²) in [6, 6.07) is 8.99. The Morgan fingerprint density at radius 2 is 1.24 bits per heavy atom. The Morgan fingerprint density at radius 1 is 0.706 bits per heavy atom. The van der Waals surface area contributed by atoms with Crippen LogP contribution in [0.2, 0.25) is 0 Å². The van der Waals surface area contributed by atoms with Gasteiger partial charge in [-0.25, -0.2) is 0 Å². The lowest BCUT2D eigenvalue weighted by atomic mass is 9.94. The van der Waals surface area contributed by atoms with E-state index in [1.165, 1.54) is 0 Å². The number of benzene rings is 2. The van der Waals surface area contributed by atoms with Crippen molar-refractivity contribution >= 4 is 0 Å². The van der Waals surface area contributed by atoms with E-state index in [2.05, 4.69) is 0 Å². The van der Waals surface area contributed by atoms with Crippen LogP contribution in [-0.2, 0) is 0 Å². The molecule has 0 amide bonds. The SMILES string of the molecule is Cc1cc(O)cc(-c2c(C)cc(O)cc2C)c1. The molecule has 0 aromatic heterocycles. The molecule has 2 heteroatoms. The van der Waals surface area contributed by atoms with Gasteiger partial charge in [-0.05, 0) is 72.9 Å². The van der Waals surface area contributed by atoms with Crippen LogP contribution in [0.4, 0.5) is 0 Å². The molecule has 0 spiro atoms. The van der Waals surface area contributed by atoms with Gasteiger partial charge in [0.1, 0.15) is 11.5 Å². The Kier molecular flexibility index (Phi) is 2.80. The standard InChI is InChI=1S/C15H16O2/c1-9-4-12(8-13(16)5-9)15-10(2)6-14(17)7-11(15)3/h4-8,16-17H,1-3H3. The molecule has 88 valence electrons. The third-order valence-corrected chi connectivity index (χ3v) is 2.87. The number of hydrogen-bond donors (Lipinski definition) is 2. The summed E-state index contributed by atoms with van der Waals surface area (Å²) in [5, 5.41) is 19.2. The van der Waals surface area contributed by atoms with E-state index in [9.17, 15) is 10.2 Å². The van der Waals surface area contributed by atoms with Gasteiger partial charge in [0.25, 0.3) is 0 Å². The number of aromatic hydroxyl groups is 2. The van der Waals surface area contributed by atoms with Crippen LogP contribution < -0.4 is 0 Å². The Morgan fingerprint density at radius 3 is 1.76 bits per heavy atom. The molecule has 0 radical (unpaired) electrons. The number of aryl methyl sites for hydroxylation is 3. The normalized spacial score (nSPS) is 10.5. The fraction of sp³-hybridized carbons (Fsp3) is 0.200. The van der Waals surface area contributed by atoms with Crippen molar-refractivity contribution < 1.29 is 10.2 Å². The minimum Gasteiger partial charge on any atom is -0.508 e. The van der Waals surface area contributed by atoms with Gasteiger partial charge < -0.3 is 10.2 Å². The highest BCUT2D eigenvalue weighted by Crippen LogP contribution is 2.32. The van der Waals surface area contributed by atoms with E-state index < -0.39 is 0 Å². The van der Waals surface area contributed by atoms with E-state index in [1.807, 2.05) is 26.8 Å². The van der Waals surface area contributed by atoms with E-state index in [0.717, 1.165) is 27.8 Å². The van der Waals surface area contributed by atoms with Gasteiger partial charge in [0.15, 0.2) is 0 Å². The van der Waals surface area contributed by atoms with Crippen molar-refractivity contribution in [2.24, 2.45) is 0 Å². The molecule has 0 aliphatic heterocycles. The van der Waals surface area contributed by atoms with E-state index in [0.29, 0.717) is 0 Å². The molecular weight excluding hydrogens is 212 g/mol. The summed E-state index contributed by atoms with van der Waals surface area (Å²) in [7, 11) is 0. The molecule has 0 bridgehead atoms. The molecule has 2 nitrogen and oxygen atoms in total. The third kappa shape index (κ3) is 2.26. The first-order valence-electron chi connectivity index (χ1n) is 5.58. The van der Waals surface area contributed by atoms with Crippen LogP contribution in [0.3, 0.4) is 0 Å². The molecule has 0 heterocycles. The minimum atomic E-state index is 0.270. The second-order valence-corrected chi connectivity index (χ2v) is 4.51. The molecule has 0 aliphatic carbocycles. The van der Waals surface area contributed by atoms with Crippen molar-refractivity contribution in [3.05, 3.63) is 47.0 Å². The second kappa shape index (κ2) is 4.13. The molecule has 0 atom stereocenters. The predicted molar refractivity (Wildman–Crippen MR) is 69.4 cm³/mol. The Balaban J connectivity index is 2.68. The molecule has 0 saturated carbocycles. The van der Waals surface area contributed by atoms with Crippen LogP contribution in [0.1, 0.15) is 16.7 Å². The molecule has 2 aromatic rings. The first-order valence-corrected chi connectivity index (χ1v) is 5.58. The fourth-order valence-electron chi connectivity index (χ4n) is 2.30. The first-order chi connectivity index (χ1) is 7.97. The Labute approximate surface area is 101 Å². The topological polar surface area (TPSA) is 40.5 Å². The van der Waals surface area contributed by atoms with Crippen molar-refractivity contribution in [2.45, 2.75) is 20.8 Å². The van der Waals surface area contributed by atoms with Crippen molar-refractivity contribution in [2.75, 3.05) is 0 Å². The molecule has 17 heavy (non-hydrogen) atoms. The zero-order valence-electron chi connectivity index (χ0n) is 10.3. The van der Waals surface area contributed by atoms with Gasteiger partial charge in [-0.15, -0.1) is 0 Å². The molecule has 0 fully saturated rings. The van der Waals surface area contributed by atoms with Crippen LogP contribution in [-0.4, -0.2) is 10.2 Å². The van der Waals surface area contributed by atoms with Gasteiger partial charge in [-0.1, -0.05) is 6.07 Å². The van der Waals surface area contributed by atoms with Crippen molar-refractivity contribution in [1.29, 1.82) is 0 Å². The summed E-state index contributed by atoms with van der Waals surface area (Å²) >= 11 is 0. The van der Waals surface area contributed by atoms with E-state index in [1.54, 1.807) is 24.3 Å². The summed E-state index contributed by atoms with van der Waals surface area (Å²) in [5.74, 6) is 0.549. The summed E-state index contributed by atoms with van der Waals surface area (Å²) in [4.78, 5) is 0. The lowest BCUT2D eigenvalue weighted by molar-refractivity contribution is 0.474. The van der Waals surface area contributed by atoms with Crippen molar-refractivity contribution in [1.82, 2.24) is 0 Å². The van der Waals surface area contributed by atoms with Gasteiger partial charge >= 0.3 is 0 Å². The number of phenols is 2. The van der Waals surface area contributed by atoms with Crippen molar-refractivity contribution in [3.8, 4) is 22.6 Å². The monoisotopic (exact) mass is 228 g/mol. The van der Waals surface area contributed by atoms with E-state index in [4.69, 9.17) is 0 Å². The largest absolute Gasteiger partial charge is 0.508 e.